The minimum absolute atomic E-state index is 0.465. The Bertz CT molecular complexity index is 421. The summed E-state index contributed by atoms with van der Waals surface area (Å²) in [7, 11) is 0. The number of rotatable bonds is 2. The van der Waals surface area contributed by atoms with Crippen LogP contribution in [0.5, 0.6) is 5.75 Å². The van der Waals surface area contributed by atoms with Gasteiger partial charge in [-0.1, -0.05) is 25.1 Å². The minimum Gasteiger partial charge on any atom is -0.491 e. The maximum absolute atomic E-state index is 5.83. The van der Waals surface area contributed by atoms with Gasteiger partial charge in [0.1, 0.15) is 12.4 Å². The molecule has 3 heteroatoms. The van der Waals surface area contributed by atoms with Gasteiger partial charge in [0.25, 0.3) is 0 Å². The molecule has 0 amide bonds. The van der Waals surface area contributed by atoms with Gasteiger partial charge in [0, 0.05) is 24.7 Å². The van der Waals surface area contributed by atoms with E-state index < -0.39 is 0 Å². The van der Waals surface area contributed by atoms with Crippen molar-refractivity contribution in [2.45, 2.75) is 38.3 Å². The Morgan fingerprint density at radius 2 is 2.21 bits per heavy atom. The van der Waals surface area contributed by atoms with Crippen LogP contribution in [-0.4, -0.2) is 37.2 Å². The molecule has 0 bridgehead atoms. The largest absolute Gasteiger partial charge is 0.491 e. The molecular weight excluding hydrogens is 236 g/mol. The molecule has 1 aromatic carbocycles. The zero-order valence-corrected chi connectivity index (χ0v) is 11.8. The summed E-state index contributed by atoms with van der Waals surface area (Å²) in [5, 5.41) is 3.64. The van der Waals surface area contributed by atoms with E-state index in [1.54, 1.807) is 0 Å². The lowest BCUT2D eigenvalue weighted by Gasteiger charge is -2.32. The average molecular weight is 260 g/mol. The first kappa shape index (κ1) is 12.9. The van der Waals surface area contributed by atoms with E-state index in [4.69, 9.17) is 4.74 Å². The maximum Gasteiger partial charge on any atom is 0.124 e. The van der Waals surface area contributed by atoms with Gasteiger partial charge in [-0.25, -0.2) is 0 Å². The summed E-state index contributed by atoms with van der Waals surface area (Å²) < 4.78 is 5.83. The standard InChI is InChI=1S/C16H24N2O/c1-2-13-8-11-18(10-5-9-17-13)15-12-19-16-7-4-3-6-14(15)16/h3-4,6-7,13,15,17H,2,5,8-12H2,1H3. The van der Waals surface area contributed by atoms with Crippen molar-refractivity contribution in [3.8, 4) is 5.75 Å². The summed E-state index contributed by atoms with van der Waals surface area (Å²) in [6, 6.07) is 9.65. The summed E-state index contributed by atoms with van der Waals surface area (Å²) in [6.07, 6.45) is 3.70. The number of nitrogens with one attached hydrogen (secondary N) is 1. The van der Waals surface area contributed by atoms with Crippen LogP contribution in [0.3, 0.4) is 0 Å². The van der Waals surface area contributed by atoms with Crippen LogP contribution in [0.15, 0.2) is 24.3 Å². The smallest absolute Gasteiger partial charge is 0.124 e. The van der Waals surface area contributed by atoms with Gasteiger partial charge in [-0.2, -0.15) is 0 Å². The second kappa shape index (κ2) is 5.93. The summed E-state index contributed by atoms with van der Waals surface area (Å²) >= 11 is 0. The highest BCUT2D eigenvalue weighted by Crippen LogP contribution is 2.36. The Labute approximate surface area is 115 Å². The summed E-state index contributed by atoms with van der Waals surface area (Å²) in [6.45, 7) is 6.59. The molecule has 19 heavy (non-hydrogen) atoms. The van der Waals surface area contributed by atoms with Crippen molar-refractivity contribution in [3.63, 3.8) is 0 Å². The van der Waals surface area contributed by atoms with Gasteiger partial charge in [0.15, 0.2) is 0 Å². The molecule has 104 valence electrons. The van der Waals surface area contributed by atoms with E-state index >= 15 is 0 Å². The molecule has 0 saturated carbocycles. The van der Waals surface area contributed by atoms with E-state index in [0.717, 1.165) is 18.9 Å². The molecule has 1 saturated heterocycles. The van der Waals surface area contributed by atoms with Crippen LogP contribution in [0.25, 0.3) is 0 Å². The molecule has 2 aliphatic heterocycles. The van der Waals surface area contributed by atoms with E-state index in [2.05, 4.69) is 41.4 Å². The van der Waals surface area contributed by atoms with Crippen molar-refractivity contribution in [3.05, 3.63) is 29.8 Å². The third-order valence-corrected chi connectivity index (χ3v) is 4.43. The lowest BCUT2D eigenvalue weighted by Crippen LogP contribution is -2.41. The fraction of sp³-hybridized carbons (Fsp3) is 0.625. The van der Waals surface area contributed by atoms with Gasteiger partial charge in [-0.05, 0) is 31.9 Å². The number of hydrogen-bond donors (Lipinski definition) is 1. The summed E-state index contributed by atoms with van der Waals surface area (Å²) in [5.74, 6) is 1.08. The molecule has 2 atom stereocenters. The molecule has 2 unspecified atom stereocenters. The van der Waals surface area contributed by atoms with Crippen LogP contribution < -0.4 is 10.1 Å². The second-order valence-corrected chi connectivity index (χ2v) is 5.60. The van der Waals surface area contributed by atoms with Gasteiger partial charge in [0.2, 0.25) is 0 Å². The average Bonchev–Trinajstić information content (AvgIpc) is 2.83. The summed E-state index contributed by atoms with van der Waals surface area (Å²) in [4.78, 5) is 2.62. The molecule has 2 heterocycles. The fourth-order valence-corrected chi connectivity index (χ4v) is 3.23. The van der Waals surface area contributed by atoms with Gasteiger partial charge in [-0.3, -0.25) is 4.90 Å². The van der Waals surface area contributed by atoms with Crippen LogP contribution in [0.4, 0.5) is 0 Å². The van der Waals surface area contributed by atoms with Gasteiger partial charge in [-0.15, -0.1) is 0 Å². The highest BCUT2D eigenvalue weighted by atomic mass is 16.5. The predicted molar refractivity (Wildman–Crippen MR) is 77.6 cm³/mol. The molecular formula is C16H24N2O. The first-order valence-corrected chi connectivity index (χ1v) is 7.57. The first-order valence-electron chi connectivity index (χ1n) is 7.57. The van der Waals surface area contributed by atoms with E-state index in [9.17, 15) is 0 Å². The summed E-state index contributed by atoms with van der Waals surface area (Å²) in [5.41, 5.74) is 1.38. The zero-order chi connectivity index (χ0) is 13.1. The zero-order valence-electron chi connectivity index (χ0n) is 11.8. The third kappa shape index (κ3) is 2.77. The van der Waals surface area contributed by atoms with Crippen molar-refractivity contribution in [1.82, 2.24) is 10.2 Å². The lowest BCUT2D eigenvalue weighted by molar-refractivity contribution is 0.144. The molecule has 2 aliphatic rings. The van der Waals surface area contributed by atoms with Crippen LogP contribution >= 0.6 is 0 Å². The van der Waals surface area contributed by atoms with Crippen LogP contribution in [0.1, 0.15) is 37.8 Å². The normalized spacial score (nSPS) is 28.3. The van der Waals surface area contributed by atoms with E-state index in [1.807, 2.05) is 0 Å². The minimum atomic E-state index is 0.465. The highest BCUT2D eigenvalue weighted by molar-refractivity contribution is 5.39. The van der Waals surface area contributed by atoms with E-state index in [-0.39, 0.29) is 0 Å². The molecule has 3 nitrogen and oxygen atoms in total. The Kier molecular flexibility index (Phi) is 4.04. The fourth-order valence-electron chi connectivity index (χ4n) is 3.23. The Balaban J connectivity index is 1.71. The predicted octanol–water partition coefficient (Wildman–Crippen LogP) is 2.58. The molecule has 0 radical (unpaired) electrons. The van der Waals surface area contributed by atoms with Gasteiger partial charge < -0.3 is 10.1 Å². The quantitative estimate of drug-likeness (QED) is 0.884. The number of fused-ring (bicyclic) bond motifs is 1. The number of nitrogens with zero attached hydrogens (tertiary/aromatic N) is 1. The second-order valence-electron chi connectivity index (χ2n) is 5.60. The van der Waals surface area contributed by atoms with E-state index in [1.165, 1.54) is 37.9 Å². The van der Waals surface area contributed by atoms with Crippen molar-refractivity contribution >= 4 is 0 Å². The molecule has 0 aromatic heterocycles. The first-order chi connectivity index (χ1) is 9.38. The molecule has 1 N–H and O–H groups in total. The molecule has 1 fully saturated rings. The lowest BCUT2D eigenvalue weighted by atomic mass is 10.0. The molecule has 1 aromatic rings. The SMILES string of the molecule is CCC1CCN(C2COc3ccccc32)CCCN1. The highest BCUT2D eigenvalue weighted by Gasteiger charge is 2.29. The van der Waals surface area contributed by atoms with Crippen molar-refractivity contribution < 1.29 is 4.74 Å². The van der Waals surface area contributed by atoms with Gasteiger partial charge in [0.05, 0.1) is 6.04 Å². The molecule has 3 rings (SSSR count). The van der Waals surface area contributed by atoms with Crippen molar-refractivity contribution in [2.75, 3.05) is 26.2 Å². The number of benzene rings is 1. The van der Waals surface area contributed by atoms with Crippen molar-refractivity contribution in [1.29, 1.82) is 0 Å². The molecule has 0 aliphatic carbocycles. The van der Waals surface area contributed by atoms with Crippen LogP contribution in [-0.2, 0) is 0 Å². The topological polar surface area (TPSA) is 24.5 Å². The number of ether oxygens (including phenoxy) is 1. The Hall–Kier alpha value is -1.06. The van der Waals surface area contributed by atoms with Gasteiger partial charge >= 0.3 is 0 Å². The third-order valence-electron chi connectivity index (χ3n) is 4.43. The number of hydrogen-bond acceptors (Lipinski definition) is 3. The van der Waals surface area contributed by atoms with E-state index in [0.29, 0.717) is 12.1 Å². The number of para-hydroxylation sites is 1. The monoisotopic (exact) mass is 260 g/mol. The van der Waals surface area contributed by atoms with Crippen molar-refractivity contribution in [2.24, 2.45) is 0 Å². The Morgan fingerprint density at radius 1 is 1.32 bits per heavy atom. The van der Waals surface area contributed by atoms with Crippen LogP contribution in [0.2, 0.25) is 0 Å². The molecule has 0 spiro atoms. The Morgan fingerprint density at radius 3 is 3.11 bits per heavy atom. The maximum atomic E-state index is 5.83. The van der Waals surface area contributed by atoms with Crippen LogP contribution in [0, 0.1) is 0 Å².